The number of hydrogen-bond donors (Lipinski definition) is 0. The Hall–Kier alpha value is -3.23. The molecule has 29 heavy (non-hydrogen) atoms. The van der Waals surface area contributed by atoms with Crippen molar-refractivity contribution in [2.75, 3.05) is 4.90 Å². The van der Waals surface area contributed by atoms with Crippen LogP contribution in [0.2, 0.25) is 0 Å². The van der Waals surface area contributed by atoms with Crippen molar-refractivity contribution in [3.63, 3.8) is 0 Å². The third-order valence-corrected chi connectivity index (χ3v) is 6.15. The van der Waals surface area contributed by atoms with E-state index in [0.717, 1.165) is 34.8 Å². The van der Waals surface area contributed by atoms with Gasteiger partial charge in [0.15, 0.2) is 5.13 Å². The van der Waals surface area contributed by atoms with E-state index in [-0.39, 0.29) is 5.91 Å². The van der Waals surface area contributed by atoms with Gasteiger partial charge in [-0.3, -0.25) is 9.69 Å². The summed E-state index contributed by atoms with van der Waals surface area (Å²) >= 11 is 1.64. The summed E-state index contributed by atoms with van der Waals surface area (Å²) in [6, 6.07) is 19.3. The highest BCUT2D eigenvalue weighted by Crippen LogP contribution is 2.32. The van der Waals surface area contributed by atoms with Gasteiger partial charge in [0.1, 0.15) is 0 Å². The summed E-state index contributed by atoms with van der Waals surface area (Å²) in [6.07, 6.45) is 7.79. The summed E-state index contributed by atoms with van der Waals surface area (Å²) < 4.78 is 0. The van der Waals surface area contributed by atoms with Crippen LogP contribution < -0.4 is 4.90 Å². The topological polar surface area (TPSA) is 57.0 Å². The highest BCUT2D eigenvalue weighted by molar-refractivity contribution is 7.16. The molecule has 1 aliphatic rings. The van der Waals surface area contributed by atoms with Gasteiger partial charge in [-0.25, -0.2) is 4.98 Å². The number of nitriles is 1. The fourth-order valence-corrected chi connectivity index (χ4v) is 4.54. The molecule has 144 valence electrons. The van der Waals surface area contributed by atoms with E-state index >= 15 is 0 Å². The molecular weight excluding hydrogens is 378 g/mol. The summed E-state index contributed by atoms with van der Waals surface area (Å²) in [5.41, 5.74) is 3.71. The summed E-state index contributed by atoms with van der Waals surface area (Å²) in [7, 11) is 0. The van der Waals surface area contributed by atoms with Gasteiger partial charge in [0, 0.05) is 11.0 Å². The SMILES string of the molecule is N#Cc1ccc(C=CC(=O)N(Cc2ccccc2)c2nc3c(s2)CCCC3)cc1. The number of fused-ring (bicyclic) bond motifs is 1. The van der Waals surface area contributed by atoms with Crippen LogP contribution in [0.25, 0.3) is 6.08 Å². The number of aryl methyl sites for hydroxylation is 2. The van der Waals surface area contributed by atoms with Crippen molar-refractivity contribution in [1.29, 1.82) is 5.26 Å². The lowest BCUT2D eigenvalue weighted by atomic mass is 10.0. The van der Waals surface area contributed by atoms with Gasteiger partial charge in [0.25, 0.3) is 5.91 Å². The number of anilines is 1. The number of aromatic nitrogens is 1. The van der Waals surface area contributed by atoms with Crippen LogP contribution in [0.4, 0.5) is 5.13 Å². The van der Waals surface area contributed by atoms with Crippen molar-refractivity contribution in [2.24, 2.45) is 0 Å². The van der Waals surface area contributed by atoms with E-state index in [4.69, 9.17) is 10.2 Å². The summed E-state index contributed by atoms with van der Waals surface area (Å²) in [5.74, 6) is -0.0932. The first kappa shape index (κ1) is 19.1. The van der Waals surface area contributed by atoms with Crippen molar-refractivity contribution in [1.82, 2.24) is 4.98 Å². The maximum Gasteiger partial charge on any atom is 0.253 e. The molecule has 0 atom stereocenters. The second-order valence-corrected chi connectivity index (χ2v) is 8.11. The molecule has 0 unspecified atom stereocenters. The lowest BCUT2D eigenvalue weighted by Gasteiger charge is -2.18. The van der Waals surface area contributed by atoms with Crippen LogP contribution in [-0.2, 0) is 24.2 Å². The fraction of sp³-hybridized carbons (Fsp3) is 0.208. The minimum atomic E-state index is -0.0932. The predicted octanol–water partition coefficient (Wildman–Crippen LogP) is 5.14. The molecule has 4 rings (SSSR count). The predicted molar refractivity (Wildman–Crippen MR) is 117 cm³/mol. The van der Waals surface area contributed by atoms with E-state index < -0.39 is 0 Å². The van der Waals surface area contributed by atoms with Crippen LogP contribution in [0.1, 0.15) is 40.1 Å². The van der Waals surface area contributed by atoms with Crippen LogP contribution in [0, 0.1) is 11.3 Å². The number of benzene rings is 2. The lowest BCUT2D eigenvalue weighted by Crippen LogP contribution is -2.28. The number of rotatable bonds is 5. The third kappa shape index (κ3) is 4.61. The molecule has 0 bridgehead atoms. The first-order valence-electron chi connectivity index (χ1n) is 9.75. The number of thiazole rings is 1. The zero-order valence-electron chi connectivity index (χ0n) is 16.0. The number of amides is 1. The summed E-state index contributed by atoms with van der Waals surface area (Å²) in [5, 5.41) is 9.69. The molecule has 0 fully saturated rings. The van der Waals surface area contributed by atoms with E-state index in [1.165, 1.54) is 17.7 Å². The van der Waals surface area contributed by atoms with E-state index in [0.29, 0.717) is 12.1 Å². The van der Waals surface area contributed by atoms with Gasteiger partial charge < -0.3 is 0 Å². The molecule has 1 aliphatic carbocycles. The fourth-order valence-electron chi connectivity index (χ4n) is 3.39. The highest BCUT2D eigenvalue weighted by Gasteiger charge is 2.22. The quantitative estimate of drug-likeness (QED) is 0.558. The zero-order valence-corrected chi connectivity index (χ0v) is 16.9. The molecule has 0 spiro atoms. The summed E-state index contributed by atoms with van der Waals surface area (Å²) in [6.45, 7) is 0.490. The van der Waals surface area contributed by atoms with E-state index in [1.54, 1.807) is 40.5 Å². The average molecular weight is 400 g/mol. The van der Waals surface area contributed by atoms with Gasteiger partial charge in [0.2, 0.25) is 0 Å². The van der Waals surface area contributed by atoms with Gasteiger partial charge in [-0.1, -0.05) is 42.5 Å². The Kier molecular flexibility index (Phi) is 5.83. The van der Waals surface area contributed by atoms with Crippen molar-refractivity contribution >= 4 is 28.5 Å². The maximum absolute atomic E-state index is 13.1. The molecule has 1 amide bonds. The van der Waals surface area contributed by atoms with Crippen LogP contribution >= 0.6 is 11.3 Å². The molecule has 0 aliphatic heterocycles. The minimum Gasteiger partial charge on any atom is -0.280 e. The van der Waals surface area contributed by atoms with Crippen LogP contribution in [0.15, 0.2) is 60.7 Å². The van der Waals surface area contributed by atoms with Gasteiger partial charge in [0.05, 0.1) is 23.9 Å². The molecule has 0 saturated heterocycles. The van der Waals surface area contributed by atoms with E-state index in [9.17, 15) is 4.79 Å². The Labute approximate surface area is 174 Å². The van der Waals surface area contributed by atoms with Crippen molar-refractivity contribution < 1.29 is 4.79 Å². The van der Waals surface area contributed by atoms with Gasteiger partial charge >= 0.3 is 0 Å². The molecule has 0 saturated carbocycles. The molecule has 4 nitrogen and oxygen atoms in total. The number of carbonyl (C=O) groups is 1. The molecule has 1 aromatic heterocycles. The standard InChI is InChI=1S/C24H21N3OS/c25-16-19-12-10-18(11-13-19)14-15-23(28)27(17-20-6-2-1-3-7-20)24-26-21-8-4-5-9-22(21)29-24/h1-3,6-7,10-15H,4-5,8-9,17H2. The van der Waals surface area contributed by atoms with Crippen LogP contribution in [-0.4, -0.2) is 10.9 Å². The lowest BCUT2D eigenvalue weighted by molar-refractivity contribution is -0.114. The normalized spacial score (nSPS) is 13.1. The van der Waals surface area contributed by atoms with Gasteiger partial charge in [-0.05, 0) is 55.0 Å². The third-order valence-electron chi connectivity index (χ3n) is 4.97. The molecule has 5 heteroatoms. The van der Waals surface area contributed by atoms with E-state index in [1.807, 2.05) is 42.5 Å². The highest BCUT2D eigenvalue weighted by atomic mass is 32.1. The van der Waals surface area contributed by atoms with Crippen molar-refractivity contribution in [3.05, 3.63) is 87.9 Å². The molecular formula is C24H21N3OS. The number of carbonyl (C=O) groups excluding carboxylic acids is 1. The first-order valence-corrected chi connectivity index (χ1v) is 10.6. The smallest absolute Gasteiger partial charge is 0.253 e. The number of hydrogen-bond acceptors (Lipinski definition) is 4. The van der Waals surface area contributed by atoms with Crippen molar-refractivity contribution in [2.45, 2.75) is 32.2 Å². The summed E-state index contributed by atoms with van der Waals surface area (Å²) in [4.78, 5) is 21.0. The Morgan fingerprint density at radius 3 is 2.59 bits per heavy atom. The number of nitrogens with zero attached hydrogens (tertiary/aromatic N) is 3. The molecule has 1 heterocycles. The molecule has 2 aromatic carbocycles. The first-order chi connectivity index (χ1) is 14.2. The monoisotopic (exact) mass is 399 g/mol. The van der Waals surface area contributed by atoms with Gasteiger partial charge in [-0.15, -0.1) is 11.3 Å². The van der Waals surface area contributed by atoms with Crippen molar-refractivity contribution in [3.8, 4) is 6.07 Å². The second kappa shape index (κ2) is 8.85. The zero-order chi connectivity index (χ0) is 20.1. The van der Waals surface area contributed by atoms with Crippen LogP contribution in [0.5, 0.6) is 0 Å². The molecule has 3 aromatic rings. The minimum absolute atomic E-state index is 0.0932. The van der Waals surface area contributed by atoms with Crippen LogP contribution in [0.3, 0.4) is 0 Å². The second-order valence-electron chi connectivity index (χ2n) is 7.05. The van der Waals surface area contributed by atoms with E-state index in [2.05, 4.69) is 6.07 Å². The van der Waals surface area contributed by atoms with Gasteiger partial charge in [-0.2, -0.15) is 5.26 Å². The Bertz CT molecular complexity index is 1040. The molecule has 0 radical (unpaired) electrons. The Morgan fingerprint density at radius 2 is 1.86 bits per heavy atom. The molecule has 0 N–H and O–H groups in total. The Balaban J connectivity index is 1.60. The average Bonchev–Trinajstić information content (AvgIpc) is 3.21. The maximum atomic E-state index is 13.1. The Morgan fingerprint density at radius 1 is 1.10 bits per heavy atom. The largest absolute Gasteiger partial charge is 0.280 e.